The molecule has 1 fully saturated rings. The standard InChI is InChI=1S/C19H24N4O/c1-3-15(2)16-5-7-17(8-6-16)18(24)22-11-13-23(14-12-22)19-20-9-4-10-21-19/h4-10,15H,3,11-14H2,1-2H3. The summed E-state index contributed by atoms with van der Waals surface area (Å²) in [6.07, 6.45) is 4.61. The fourth-order valence-electron chi connectivity index (χ4n) is 2.94. The van der Waals surface area contributed by atoms with Crippen LogP contribution in [0.25, 0.3) is 0 Å². The lowest BCUT2D eigenvalue weighted by molar-refractivity contribution is 0.0746. The molecule has 0 saturated carbocycles. The van der Waals surface area contributed by atoms with E-state index < -0.39 is 0 Å². The molecule has 1 aromatic heterocycles. The van der Waals surface area contributed by atoms with Crippen molar-refractivity contribution in [1.82, 2.24) is 14.9 Å². The van der Waals surface area contributed by atoms with Crippen LogP contribution in [-0.2, 0) is 0 Å². The molecule has 2 heterocycles. The van der Waals surface area contributed by atoms with Gasteiger partial charge in [0.1, 0.15) is 0 Å². The first kappa shape index (κ1) is 16.4. The number of benzene rings is 1. The molecule has 0 bridgehead atoms. The lowest BCUT2D eigenvalue weighted by atomic mass is 9.97. The Balaban J connectivity index is 1.61. The van der Waals surface area contributed by atoms with Gasteiger partial charge in [-0.25, -0.2) is 9.97 Å². The van der Waals surface area contributed by atoms with E-state index in [0.717, 1.165) is 31.0 Å². The summed E-state index contributed by atoms with van der Waals surface area (Å²) in [5.41, 5.74) is 2.06. The van der Waals surface area contributed by atoms with Gasteiger partial charge in [-0.15, -0.1) is 0 Å². The molecule has 1 amide bonds. The molecule has 5 heteroatoms. The van der Waals surface area contributed by atoms with Crippen LogP contribution in [-0.4, -0.2) is 47.0 Å². The predicted molar refractivity (Wildman–Crippen MR) is 95.3 cm³/mol. The van der Waals surface area contributed by atoms with Crippen LogP contribution in [0.1, 0.15) is 42.1 Å². The van der Waals surface area contributed by atoms with Crippen molar-refractivity contribution in [2.45, 2.75) is 26.2 Å². The number of piperazine rings is 1. The minimum absolute atomic E-state index is 0.110. The van der Waals surface area contributed by atoms with Gasteiger partial charge in [0.25, 0.3) is 5.91 Å². The lowest BCUT2D eigenvalue weighted by Gasteiger charge is -2.34. The number of carbonyl (C=O) groups excluding carboxylic acids is 1. The quantitative estimate of drug-likeness (QED) is 0.867. The summed E-state index contributed by atoms with van der Waals surface area (Å²) in [7, 11) is 0. The second-order valence-electron chi connectivity index (χ2n) is 6.26. The smallest absolute Gasteiger partial charge is 0.253 e. The van der Waals surface area contributed by atoms with Gasteiger partial charge in [-0.3, -0.25) is 4.79 Å². The zero-order valence-corrected chi connectivity index (χ0v) is 14.4. The fraction of sp³-hybridized carbons (Fsp3) is 0.421. The molecule has 1 aliphatic heterocycles. The Hall–Kier alpha value is -2.43. The van der Waals surface area contributed by atoms with Gasteiger partial charge in [-0.2, -0.15) is 0 Å². The first-order chi connectivity index (χ1) is 11.7. The van der Waals surface area contributed by atoms with E-state index in [0.29, 0.717) is 19.0 Å². The van der Waals surface area contributed by atoms with E-state index in [2.05, 4.69) is 40.8 Å². The second-order valence-corrected chi connectivity index (χ2v) is 6.26. The molecule has 126 valence electrons. The molecule has 3 rings (SSSR count). The largest absolute Gasteiger partial charge is 0.337 e. The van der Waals surface area contributed by atoms with E-state index in [9.17, 15) is 4.79 Å². The SMILES string of the molecule is CCC(C)c1ccc(C(=O)N2CCN(c3ncccn3)CC2)cc1. The monoisotopic (exact) mass is 324 g/mol. The average Bonchev–Trinajstić information content (AvgIpc) is 2.68. The Labute approximate surface area is 143 Å². The van der Waals surface area contributed by atoms with Crippen LogP contribution in [0.5, 0.6) is 0 Å². The maximum atomic E-state index is 12.7. The molecule has 1 unspecified atom stereocenters. The molecule has 1 aromatic carbocycles. The van der Waals surface area contributed by atoms with Crippen molar-refractivity contribution in [3.05, 3.63) is 53.9 Å². The maximum absolute atomic E-state index is 12.7. The van der Waals surface area contributed by atoms with E-state index >= 15 is 0 Å². The summed E-state index contributed by atoms with van der Waals surface area (Å²) in [5.74, 6) is 1.38. The topological polar surface area (TPSA) is 49.3 Å². The normalized spacial score (nSPS) is 16.1. The van der Waals surface area contributed by atoms with Gasteiger partial charge in [0.05, 0.1) is 0 Å². The lowest BCUT2D eigenvalue weighted by Crippen LogP contribution is -2.49. The van der Waals surface area contributed by atoms with Gasteiger partial charge in [-0.1, -0.05) is 26.0 Å². The average molecular weight is 324 g/mol. The highest BCUT2D eigenvalue weighted by Gasteiger charge is 2.23. The van der Waals surface area contributed by atoms with Crippen molar-refractivity contribution in [2.75, 3.05) is 31.1 Å². The third-order valence-electron chi connectivity index (χ3n) is 4.74. The Kier molecular flexibility index (Phi) is 5.08. The molecule has 5 nitrogen and oxygen atoms in total. The number of hydrogen-bond donors (Lipinski definition) is 0. The summed E-state index contributed by atoms with van der Waals surface area (Å²) in [6.45, 7) is 7.32. The molecule has 0 spiro atoms. The summed E-state index contributed by atoms with van der Waals surface area (Å²) < 4.78 is 0. The van der Waals surface area contributed by atoms with Crippen LogP contribution in [0.15, 0.2) is 42.7 Å². The number of amides is 1. The van der Waals surface area contributed by atoms with E-state index in [1.54, 1.807) is 12.4 Å². The van der Waals surface area contributed by atoms with Gasteiger partial charge in [0, 0.05) is 44.1 Å². The highest BCUT2D eigenvalue weighted by molar-refractivity contribution is 5.94. The molecular formula is C19H24N4O. The van der Waals surface area contributed by atoms with Crippen LogP contribution >= 0.6 is 0 Å². The van der Waals surface area contributed by atoms with Crippen LogP contribution in [0, 0.1) is 0 Å². The van der Waals surface area contributed by atoms with Crippen molar-refractivity contribution in [1.29, 1.82) is 0 Å². The van der Waals surface area contributed by atoms with E-state index in [1.807, 2.05) is 23.1 Å². The summed E-state index contributed by atoms with van der Waals surface area (Å²) in [5, 5.41) is 0. The maximum Gasteiger partial charge on any atom is 0.253 e. The van der Waals surface area contributed by atoms with E-state index in [4.69, 9.17) is 0 Å². The van der Waals surface area contributed by atoms with E-state index in [1.165, 1.54) is 5.56 Å². The summed E-state index contributed by atoms with van der Waals surface area (Å²) >= 11 is 0. The van der Waals surface area contributed by atoms with Gasteiger partial charge in [-0.05, 0) is 36.1 Å². The first-order valence-electron chi connectivity index (χ1n) is 8.60. The zero-order valence-electron chi connectivity index (χ0n) is 14.4. The van der Waals surface area contributed by atoms with Gasteiger partial charge >= 0.3 is 0 Å². The zero-order chi connectivity index (χ0) is 16.9. The molecule has 24 heavy (non-hydrogen) atoms. The Morgan fingerprint density at radius 2 is 1.71 bits per heavy atom. The second kappa shape index (κ2) is 7.43. The summed E-state index contributed by atoms with van der Waals surface area (Å²) in [6, 6.07) is 9.88. The Morgan fingerprint density at radius 3 is 2.29 bits per heavy atom. The van der Waals surface area contributed by atoms with Gasteiger partial charge in [0.15, 0.2) is 0 Å². The number of carbonyl (C=O) groups is 1. The number of hydrogen-bond acceptors (Lipinski definition) is 4. The molecule has 1 atom stereocenters. The predicted octanol–water partition coefficient (Wildman–Crippen LogP) is 2.95. The van der Waals surface area contributed by atoms with Crippen LogP contribution in [0.4, 0.5) is 5.95 Å². The Bertz CT molecular complexity index is 664. The minimum atomic E-state index is 0.110. The third kappa shape index (κ3) is 3.55. The highest BCUT2D eigenvalue weighted by Crippen LogP contribution is 2.20. The molecule has 0 N–H and O–H groups in total. The van der Waals surface area contributed by atoms with Crippen LogP contribution in [0.2, 0.25) is 0 Å². The molecule has 2 aromatic rings. The number of rotatable bonds is 4. The van der Waals surface area contributed by atoms with Crippen LogP contribution in [0.3, 0.4) is 0 Å². The third-order valence-corrected chi connectivity index (χ3v) is 4.74. The molecule has 0 aliphatic carbocycles. The highest BCUT2D eigenvalue weighted by atomic mass is 16.2. The van der Waals surface area contributed by atoms with Crippen LogP contribution < -0.4 is 4.90 Å². The van der Waals surface area contributed by atoms with Crippen molar-refractivity contribution in [2.24, 2.45) is 0 Å². The molecule has 0 radical (unpaired) electrons. The molecular weight excluding hydrogens is 300 g/mol. The Morgan fingerprint density at radius 1 is 1.08 bits per heavy atom. The fourth-order valence-corrected chi connectivity index (χ4v) is 2.94. The number of anilines is 1. The number of nitrogens with zero attached hydrogens (tertiary/aromatic N) is 4. The minimum Gasteiger partial charge on any atom is -0.337 e. The number of aromatic nitrogens is 2. The first-order valence-corrected chi connectivity index (χ1v) is 8.60. The van der Waals surface area contributed by atoms with Crippen molar-refractivity contribution < 1.29 is 4.79 Å². The van der Waals surface area contributed by atoms with E-state index in [-0.39, 0.29) is 5.91 Å². The van der Waals surface area contributed by atoms with Crippen molar-refractivity contribution in [3.63, 3.8) is 0 Å². The molecule has 1 saturated heterocycles. The van der Waals surface area contributed by atoms with Gasteiger partial charge < -0.3 is 9.80 Å². The van der Waals surface area contributed by atoms with Gasteiger partial charge in [0.2, 0.25) is 5.95 Å². The van der Waals surface area contributed by atoms with Crippen molar-refractivity contribution in [3.8, 4) is 0 Å². The molecule has 1 aliphatic rings. The van der Waals surface area contributed by atoms with Crippen molar-refractivity contribution >= 4 is 11.9 Å². The summed E-state index contributed by atoms with van der Waals surface area (Å²) in [4.78, 5) is 25.3.